The standard InChI is InChI=1S/C9H12N2OS/c13-9-11-10-8(12-9)7-4-5-1-2-6(7)3-5/h5-7H,1-4H2,(H,11,13). The van der Waals surface area contributed by atoms with Gasteiger partial charge in [0.1, 0.15) is 0 Å². The van der Waals surface area contributed by atoms with Gasteiger partial charge in [0.2, 0.25) is 5.89 Å². The fourth-order valence-corrected chi connectivity index (χ4v) is 3.08. The van der Waals surface area contributed by atoms with Gasteiger partial charge in [0.25, 0.3) is 4.84 Å². The number of hydrogen-bond donors (Lipinski definition) is 1. The molecule has 2 aliphatic carbocycles. The molecule has 0 saturated heterocycles. The average Bonchev–Trinajstić information content (AvgIpc) is 2.77. The van der Waals surface area contributed by atoms with Gasteiger partial charge < -0.3 is 4.42 Å². The minimum absolute atomic E-state index is 0.415. The molecule has 2 aliphatic rings. The topological polar surface area (TPSA) is 41.8 Å². The van der Waals surface area contributed by atoms with Crippen molar-refractivity contribution in [1.29, 1.82) is 0 Å². The lowest BCUT2D eigenvalue weighted by Gasteiger charge is -2.17. The van der Waals surface area contributed by atoms with Crippen LogP contribution in [0.2, 0.25) is 0 Å². The Morgan fingerprint density at radius 3 is 2.85 bits per heavy atom. The van der Waals surface area contributed by atoms with Crippen LogP contribution in [0, 0.1) is 16.7 Å². The third-order valence-electron chi connectivity index (χ3n) is 3.51. The maximum atomic E-state index is 5.37. The summed E-state index contributed by atoms with van der Waals surface area (Å²) in [5, 5.41) is 6.82. The lowest BCUT2D eigenvalue weighted by atomic mass is 9.89. The van der Waals surface area contributed by atoms with Crippen molar-refractivity contribution in [2.45, 2.75) is 31.6 Å². The van der Waals surface area contributed by atoms with Crippen LogP contribution < -0.4 is 0 Å². The summed E-state index contributed by atoms with van der Waals surface area (Å²) in [6.07, 6.45) is 5.39. The van der Waals surface area contributed by atoms with Crippen molar-refractivity contribution >= 4 is 12.2 Å². The zero-order chi connectivity index (χ0) is 8.84. The molecule has 1 N–H and O–H groups in total. The van der Waals surface area contributed by atoms with E-state index >= 15 is 0 Å². The number of rotatable bonds is 1. The summed E-state index contributed by atoms with van der Waals surface area (Å²) in [6, 6.07) is 0. The number of nitrogens with zero attached hydrogens (tertiary/aromatic N) is 1. The lowest BCUT2D eigenvalue weighted by Crippen LogP contribution is -2.08. The molecule has 0 aromatic carbocycles. The van der Waals surface area contributed by atoms with E-state index in [9.17, 15) is 0 Å². The molecule has 1 heterocycles. The van der Waals surface area contributed by atoms with Crippen molar-refractivity contribution in [3.63, 3.8) is 0 Å². The maximum absolute atomic E-state index is 5.37. The van der Waals surface area contributed by atoms with Crippen molar-refractivity contribution in [1.82, 2.24) is 10.2 Å². The molecular formula is C9H12N2OS. The molecular weight excluding hydrogens is 184 g/mol. The molecule has 2 saturated carbocycles. The zero-order valence-electron chi connectivity index (χ0n) is 7.32. The van der Waals surface area contributed by atoms with Crippen molar-refractivity contribution in [2.24, 2.45) is 11.8 Å². The fraction of sp³-hybridized carbons (Fsp3) is 0.778. The van der Waals surface area contributed by atoms with Gasteiger partial charge in [-0.25, -0.2) is 5.10 Å². The van der Waals surface area contributed by atoms with E-state index in [0.29, 0.717) is 10.8 Å². The van der Waals surface area contributed by atoms with Gasteiger partial charge in [0.15, 0.2) is 0 Å². The Balaban J connectivity index is 1.91. The molecule has 0 aliphatic heterocycles. The quantitative estimate of drug-likeness (QED) is 0.702. The second-order valence-electron chi connectivity index (χ2n) is 4.23. The minimum Gasteiger partial charge on any atom is -0.414 e. The smallest absolute Gasteiger partial charge is 0.284 e. The molecule has 2 bridgehead atoms. The molecule has 4 heteroatoms. The van der Waals surface area contributed by atoms with Gasteiger partial charge in [-0.15, -0.1) is 5.10 Å². The predicted molar refractivity (Wildman–Crippen MR) is 49.9 cm³/mol. The van der Waals surface area contributed by atoms with Crippen LogP contribution in [0.3, 0.4) is 0 Å². The SMILES string of the molecule is S=c1[nH]nc(C2CC3CCC2C3)o1. The number of nitrogens with one attached hydrogen (secondary N) is 1. The van der Waals surface area contributed by atoms with E-state index in [1.165, 1.54) is 25.7 Å². The molecule has 0 amide bonds. The second kappa shape index (κ2) is 2.67. The molecule has 3 unspecified atom stereocenters. The molecule has 70 valence electrons. The van der Waals surface area contributed by atoms with Gasteiger partial charge in [0.05, 0.1) is 0 Å². The van der Waals surface area contributed by atoms with E-state index in [-0.39, 0.29) is 0 Å². The first kappa shape index (κ1) is 7.74. The van der Waals surface area contributed by atoms with Crippen molar-refractivity contribution in [3.05, 3.63) is 10.7 Å². The molecule has 0 radical (unpaired) electrons. The molecule has 1 aromatic heterocycles. The Hall–Kier alpha value is -0.640. The molecule has 1 aromatic rings. The van der Waals surface area contributed by atoms with Crippen LogP contribution in [0.15, 0.2) is 4.42 Å². The number of hydrogen-bond acceptors (Lipinski definition) is 3. The van der Waals surface area contributed by atoms with E-state index in [2.05, 4.69) is 10.2 Å². The van der Waals surface area contributed by atoms with E-state index in [4.69, 9.17) is 16.6 Å². The molecule has 2 fully saturated rings. The van der Waals surface area contributed by atoms with Gasteiger partial charge in [-0.3, -0.25) is 0 Å². The summed E-state index contributed by atoms with van der Waals surface area (Å²) in [7, 11) is 0. The van der Waals surface area contributed by atoms with Crippen molar-refractivity contribution < 1.29 is 4.42 Å². The first-order chi connectivity index (χ1) is 6.33. The van der Waals surface area contributed by atoms with E-state index < -0.39 is 0 Å². The van der Waals surface area contributed by atoms with E-state index in [0.717, 1.165) is 17.7 Å². The molecule has 0 spiro atoms. The first-order valence-electron chi connectivity index (χ1n) is 4.88. The third-order valence-corrected chi connectivity index (χ3v) is 3.68. The first-order valence-corrected chi connectivity index (χ1v) is 5.29. The number of fused-ring (bicyclic) bond motifs is 2. The lowest BCUT2D eigenvalue weighted by molar-refractivity contribution is 0.342. The van der Waals surface area contributed by atoms with Gasteiger partial charge >= 0.3 is 0 Å². The highest BCUT2D eigenvalue weighted by atomic mass is 32.1. The third kappa shape index (κ3) is 1.15. The average molecular weight is 196 g/mol. The van der Waals surface area contributed by atoms with Gasteiger partial charge in [0, 0.05) is 5.92 Å². The highest BCUT2D eigenvalue weighted by Crippen LogP contribution is 2.52. The van der Waals surface area contributed by atoms with Crippen LogP contribution in [-0.2, 0) is 0 Å². The van der Waals surface area contributed by atoms with Crippen LogP contribution in [0.5, 0.6) is 0 Å². The molecule has 3 atom stereocenters. The molecule has 13 heavy (non-hydrogen) atoms. The predicted octanol–water partition coefficient (Wildman–Crippen LogP) is 2.64. The number of aromatic amines is 1. The Kier molecular flexibility index (Phi) is 1.59. The van der Waals surface area contributed by atoms with Crippen LogP contribution in [0.4, 0.5) is 0 Å². The summed E-state index contributed by atoms with van der Waals surface area (Å²) >= 11 is 4.87. The summed E-state index contributed by atoms with van der Waals surface area (Å²) in [5.74, 6) is 3.13. The van der Waals surface area contributed by atoms with Crippen LogP contribution in [-0.4, -0.2) is 10.2 Å². The highest BCUT2D eigenvalue weighted by Gasteiger charge is 2.42. The number of aromatic nitrogens is 2. The highest BCUT2D eigenvalue weighted by molar-refractivity contribution is 7.71. The minimum atomic E-state index is 0.415. The summed E-state index contributed by atoms with van der Waals surface area (Å²) in [6.45, 7) is 0. The van der Waals surface area contributed by atoms with Crippen molar-refractivity contribution in [3.8, 4) is 0 Å². The Bertz CT molecular complexity index is 370. The van der Waals surface area contributed by atoms with Gasteiger partial charge in [-0.2, -0.15) is 0 Å². The normalized spacial score (nSPS) is 37.1. The summed E-state index contributed by atoms with van der Waals surface area (Å²) in [5.41, 5.74) is 0. The fourth-order valence-electron chi connectivity index (χ4n) is 2.95. The maximum Gasteiger partial charge on any atom is 0.284 e. The van der Waals surface area contributed by atoms with Gasteiger partial charge in [-0.1, -0.05) is 6.42 Å². The molecule has 3 nitrogen and oxygen atoms in total. The van der Waals surface area contributed by atoms with Crippen LogP contribution >= 0.6 is 12.2 Å². The van der Waals surface area contributed by atoms with Crippen molar-refractivity contribution in [2.75, 3.05) is 0 Å². The van der Waals surface area contributed by atoms with Crippen LogP contribution in [0.1, 0.15) is 37.5 Å². The Labute approximate surface area is 81.5 Å². The number of H-pyrrole nitrogens is 1. The van der Waals surface area contributed by atoms with E-state index in [1.807, 2.05) is 0 Å². The molecule has 3 rings (SSSR count). The Morgan fingerprint density at radius 1 is 1.38 bits per heavy atom. The largest absolute Gasteiger partial charge is 0.414 e. The van der Waals surface area contributed by atoms with Crippen LogP contribution in [0.25, 0.3) is 0 Å². The Morgan fingerprint density at radius 2 is 2.31 bits per heavy atom. The zero-order valence-corrected chi connectivity index (χ0v) is 8.14. The van der Waals surface area contributed by atoms with E-state index in [1.54, 1.807) is 0 Å². The van der Waals surface area contributed by atoms with Gasteiger partial charge in [-0.05, 0) is 43.3 Å². The summed E-state index contributed by atoms with van der Waals surface area (Å²) in [4.78, 5) is 0.415. The second-order valence-corrected chi connectivity index (χ2v) is 4.60. The monoisotopic (exact) mass is 196 g/mol. The summed E-state index contributed by atoms with van der Waals surface area (Å²) < 4.78 is 5.37.